The summed E-state index contributed by atoms with van der Waals surface area (Å²) in [5, 5.41) is 2.46. The van der Waals surface area contributed by atoms with E-state index in [0.29, 0.717) is 0 Å². The molecular weight excluding hydrogens is 556 g/mol. The van der Waals surface area contributed by atoms with Crippen molar-refractivity contribution in [1.29, 1.82) is 0 Å². The topological polar surface area (TPSA) is 6.48 Å². The molecule has 0 bridgehead atoms. The van der Waals surface area contributed by atoms with Crippen molar-refractivity contribution in [1.82, 2.24) is 0 Å². The van der Waals surface area contributed by atoms with Crippen LogP contribution in [0.4, 0.5) is 28.4 Å². The van der Waals surface area contributed by atoms with Gasteiger partial charge in [-0.25, -0.2) is 0 Å². The molecule has 1 unspecified atom stereocenters. The summed E-state index contributed by atoms with van der Waals surface area (Å²) in [6.07, 6.45) is 5.60. The zero-order chi connectivity index (χ0) is 32.1. The van der Waals surface area contributed by atoms with Gasteiger partial charge in [0.15, 0.2) is 0 Å². The van der Waals surface area contributed by atoms with Gasteiger partial charge in [0.25, 0.3) is 0 Å². The molecule has 46 heavy (non-hydrogen) atoms. The molecule has 1 atom stereocenters. The summed E-state index contributed by atoms with van der Waals surface area (Å²) < 4.78 is 0. The van der Waals surface area contributed by atoms with Crippen LogP contribution in [0.15, 0.2) is 164 Å². The zero-order valence-electron chi connectivity index (χ0n) is 27.7. The van der Waals surface area contributed by atoms with E-state index in [1.807, 2.05) is 0 Å². The molecule has 2 nitrogen and oxygen atoms in total. The Hall–Kier alpha value is -5.08. The van der Waals surface area contributed by atoms with Crippen LogP contribution in [0.25, 0.3) is 10.8 Å². The predicted molar refractivity (Wildman–Crippen MR) is 199 cm³/mol. The van der Waals surface area contributed by atoms with Gasteiger partial charge in [0, 0.05) is 28.4 Å². The van der Waals surface area contributed by atoms with Crippen LogP contribution in [0.5, 0.6) is 0 Å². The lowest BCUT2D eigenvalue weighted by Gasteiger charge is -2.42. The van der Waals surface area contributed by atoms with Crippen molar-refractivity contribution in [2.75, 3.05) is 9.80 Å². The van der Waals surface area contributed by atoms with E-state index in [4.69, 9.17) is 0 Å². The second-order valence-corrected chi connectivity index (χ2v) is 12.9. The van der Waals surface area contributed by atoms with E-state index in [2.05, 4.69) is 208 Å². The van der Waals surface area contributed by atoms with Crippen molar-refractivity contribution in [3.63, 3.8) is 0 Å². The van der Waals surface area contributed by atoms with Gasteiger partial charge in [-0.1, -0.05) is 124 Å². The Bertz CT molecular complexity index is 1870. The van der Waals surface area contributed by atoms with E-state index in [-0.39, 0.29) is 5.41 Å². The highest BCUT2D eigenvalue weighted by Crippen LogP contribution is 2.44. The van der Waals surface area contributed by atoms with Crippen molar-refractivity contribution in [2.45, 2.75) is 52.0 Å². The summed E-state index contributed by atoms with van der Waals surface area (Å²) in [6, 6.07) is 54.9. The normalized spacial score (nSPS) is 13.1. The van der Waals surface area contributed by atoms with Gasteiger partial charge in [0.1, 0.15) is 0 Å². The molecule has 0 amide bonds. The molecule has 2 heteroatoms. The molecule has 0 aromatic heterocycles. The van der Waals surface area contributed by atoms with E-state index in [0.717, 1.165) is 34.9 Å². The Balaban J connectivity index is 1.50. The Kier molecular flexibility index (Phi) is 8.81. The van der Waals surface area contributed by atoms with Crippen LogP contribution in [0.2, 0.25) is 0 Å². The maximum absolute atomic E-state index is 2.48. The third-order valence-electron chi connectivity index (χ3n) is 9.48. The zero-order valence-corrected chi connectivity index (χ0v) is 27.7. The average Bonchev–Trinajstić information content (AvgIpc) is 3.10. The van der Waals surface area contributed by atoms with E-state index < -0.39 is 5.54 Å². The van der Waals surface area contributed by atoms with Crippen molar-refractivity contribution in [3.05, 3.63) is 175 Å². The van der Waals surface area contributed by atoms with Gasteiger partial charge in [0.05, 0.1) is 5.54 Å². The molecule has 0 radical (unpaired) electrons. The summed E-state index contributed by atoms with van der Waals surface area (Å²) in [7, 11) is 0. The number of fused-ring (bicyclic) bond motifs is 1. The minimum atomic E-state index is -0.452. The maximum atomic E-state index is 2.48. The second-order valence-electron chi connectivity index (χ2n) is 12.9. The fourth-order valence-electron chi connectivity index (χ4n) is 6.44. The number of benzene rings is 6. The summed E-state index contributed by atoms with van der Waals surface area (Å²) in [6.45, 7) is 11.4. The average molecular weight is 601 g/mol. The van der Waals surface area contributed by atoms with Gasteiger partial charge in [0.2, 0.25) is 0 Å². The Morgan fingerprint density at radius 1 is 0.500 bits per heavy atom. The maximum Gasteiger partial charge on any atom is 0.0857 e. The Morgan fingerprint density at radius 3 is 1.54 bits per heavy atom. The molecule has 0 spiro atoms. The molecule has 0 aliphatic carbocycles. The van der Waals surface area contributed by atoms with Gasteiger partial charge in [-0.3, -0.25) is 0 Å². The molecule has 0 N–H and O–H groups in total. The number of para-hydroxylation sites is 2. The first-order chi connectivity index (χ1) is 22.3. The lowest BCUT2D eigenvalue weighted by molar-refractivity contribution is 0.505. The third-order valence-corrected chi connectivity index (χ3v) is 9.48. The van der Waals surface area contributed by atoms with Gasteiger partial charge < -0.3 is 9.80 Å². The first kappa shape index (κ1) is 30.9. The molecular formula is C44H44N2. The van der Waals surface area contributed by atoms with Crippen LogP contribution in [-0.4, -0.2) is 0 Å². The number of nitrogens with zero attached hydrogens (tertiary/aromatic N) is 2. The molecule has 6 aromatic carbocycles. The van der Waals surface area contributed by atoms with Crippen LogP contribution >= 0.6 is 0 Å². The largest absolute Gasteiger partial charge is 0.328 e. The molecule has 0 saturated heterocycles. The van der Waals surface area contributed by atoms with Crippen LogP contribution in [0, 0.1) is 0 Å². The number of allylic oxidation sites excluding steroid dienone is 1. The monoisotopic (exact) mass is 600 g/mol. The van der Waals surface area contributed by atoms with Crippen molar-refractivity contribution in [3.8, 4) is 0 Å². The molecule has 6 aromatic rings. The lowest BCUT2D eigenvalue weighted by Crippen LogP contribution is -2.39. The minimum absolute atomic E-state index is 0.132. The SMILES string of the molecule is C/C=C\C(C)(c1ccc(C(C)(C)CC)cc1)N(c1ccc(N(c2ccccc2)c2ccccc2)cc1)c1ccc2ccccc2c1. The van der Waals surface area contributed by atoms with Crippen LogP contribution in [0.1, 0.15) is 52.2 Å². The Labute approximate surface area is 275 Å². The third kappa shape index (κ3) is 6.08. The minimum Gasteiger partial charge on any atom is -0.328 e. The smallest absolute Gasteiger partial charge is 0.0857 e. The van der Waals surface area contributed by atoms with Gasteiger partial charge in [-0.05, 0) is 108 Å². The van der Waals surface area contributed by atoms with Crippen molar-refractivity contribution in [2.24, 2.45) is 0 Å². The highest BCUT2D eigenvalue weighted by Gasteiger charge is 2.34. The molecule has 0 aliphatic rings. The summed E-state index contributed by atoms with van der Waals surface area (Å²) >= 11 is 0. The van der Waals surface area contributed by atoms with Crippen LogP contribution in [-0.2, 0) is 11.0 Å². The summed E-state index contributed by atoms with van der Waals surface area (Å²) in [4.78, 5) is 4.79. The highest BCUT2D eigenvalue weighted by molar-refractivity contribution is 5.88. The predicted octanol–water partition coefficient (Wildman–Crippen LogP) is 12.6. The molecule has 0 saturated carbocycles. The quantitative estimate of drug-likeness (QED) is 0.144. The second kappa shape index (κ2) is 13.1. The van der Waals surface area contributed by atoms with Gasteiger partial charge >= 0.3 is 0 Å². The standard InChI is InChI=1S/C44H44N2/c1-6-32-44(5,37-25-23-36(24-26-37)43(3,4)7-2)46(42-27-22-34-16-14-15-17-35(34)33-42)41-30-28-40(29-31-41)45(38-18-10-8-11-19-38)39-20-12-9-13-21-39/h6,8-33H,7H2,1-5H3/b32-6-. The van der Waals surface area contributed by atoms with Gasteiger partial charge in [-0.15, -0.1) is 0 Å². The van der Waals surface area contributed by atoms with Crippen LogP contribution < -0.4 is 9.80 Å². The van der Waals surface area contributed by atoms with E-state index in [9.17, 15) is 0 Å². The summed E-state index contributed by atoms with van der Waals surface area (Å²) in [5.74, 6) is 0. The lowest BCUT2D eigenvalue weighted by atomic mass is 9.80. The first-order valence-corrected chi connectivity index (χ1v) is 16.4. The molecule has 6 rings (SSSR count). The van der Waals surface area contributed by atoms with Crippen molar-refractivity contribution < 1.29 is 0 Å². The molecule has 0 fully saturated rings. The van der Waals surface area contributed by atoms with E-state index in [1.54, 1.807) is 0 Å². The Morgan fingerprint density at radius 2 is 0.978 bits per heavy atom. The number of rotatable bonds is 10. The number of anilines is 5. The van der Waals surface area contributed by atoms with E-state index in [1.165, 1.54) is 21.9 Å². The van der Waals surface area contributed by atoms with Gasteiger partial charge in [-0.2, -0.15) is 0 Å². The number of hydrogen-bond acceptors (Lipinski definition) is 2. The molecule has 0 aliphatic heterocycles. The number of hydrogen-bond donors (Lipinski definition) is 0. The highest BCUT2D eigenvalue weighted by atomic mass is 15.2. The van der Waals surface area contributed by atoms with Crippen LogP contribution in [0.3, 0.4) is 0 Å². The fourth-order valence-corrected chi connectivity index (χ4v) is 6.44. The molecule has 0 heterocycles. The first-order valence-electron chi connectivity index (χ1n) is 16.4. The molecule has 230 valence electrons. The summed E-state index contributed by atoms with van der Waals surface area (Å²) in [5.41, 5.74) is 7.92. The fraction of sp³-hybridized carbons (Fsp3) is 0.182. The van der Waals surface area contributed by atoms with Crippen molar-refractivity contribution >= 4 is 39.2 Å². The van der Waals surface area contributed by atoms with E-state index >= 15 is 0 Å².